The molecule has 4 nitrogen and oxygen atoms in total. The van der Waals surface area contributed by atoms with Crippen LogP contribution >= 0.6 is 0 Å². The summed E-state index contributed by atoms with van der Waals surface area (Å²) in [6.45, 7) is 1.67. The van der Waals surface area contributed by atoms with Gasteiger partial charge in [-0.05, 0) is 25.5 Å². The molecule has 94 valence electrons. The second-order valence-electron chi connectivity index (χ2n) is 4.28. The van der Waals surface area contributed by atoms with Gasteiger partial charge in [-0.2, -0.15) is 0 Å². The number of carbonyl (C=O) groups excluding carboxylic acids is 1. The van der Waals surface area contributed by atoms with Crippen molar-refractivity contribution in [1.29, 1.82) is 0 Å². The van der Waals surface area contributed by atoms with Gasteiger partial charge in [-0.15, -0.1) is 0 Å². The number of benzene rings is 1. The lowest BCUT2D eigenvalue weighted by Crippen LogP contribution is -2.17. The van der Waals surface area contributed by atoms with Crippen molar-refractivity contribution in [2.24, 2.45) is 4.99 Å². The topological polar surface area (TPSA) is 69.9 Å². The maximum Gasteiger partial charge on any atom is 0.168 e. The predicted octanol–water partition coefficient (Wildman–Crippen LogP) is 3.05. The molecule has 0 fully saturated rings. The third kappa shape index (κ3) is 2.42. The van der Waals surface area contributed by atoms with Crippen LogP contribution in [0.25, 0.3) is 0 Å². The van der Waals surface area contributed by atoms with E-state index in [4.69, 9.17) is 0 Å². The summed E-state index contributed by atoms with van der Waals surface area (Å²) in [5.41, 5.74) is 1.14. The molecular weight excluding hydrogens is 230 g/mol. The number of hydrogen-bond donors (Lipinski definition) is 2. The SMILES string of the molecule is CC(=Nc1ccccc1O)C1=C(O)CCCC1=O. The first-order chi connectivity index (χ1) is 8.59. The average molecular weight is 245 g/mol. The molecule has 0 saturated heterocycles. The number of allylic oxidation sites excluding steroid dienone is 2. The van der Waals surface area contributed by atoms with Gasteiger partial charge in [0.25, 0.3) is 0 Å². The van der Waals surface area contributed by atoms with Crippen LogP contribution < -0.4 is 0 Å². The zero-order chi connectivity index (χ0) is 13.1. The standard InChI is InChI=1S/C14H15NO3/c1-9(14-12(17)7-4-8-13(14)18)15-10-5-2-3-6-11(10)16/h2-3,5-6,16-17H,4,7-8H2,1H3. The van der Waals surface area contributed by atoms with Crippen molar-refractivity contribution in [2.45, 2.75) is 26.2 Å². The fourth-order valence-electron chi connectivity index (χ4n) is 2.03. The van der Waals surface area contributed by atoms with Crippen LogP contribution in [0.5, 0.6) is 5.75 Å². The minimum atomic E-state index is -0.0876. The molecule has 1 aromatic carbocycles. The van der Waals surface area contributed by atoms with E-state index in [1.807, 2.05) is 0 Å². The van der Waals surface area contributed by atoms with E-state index in [1.165, 1.54) is 6.07 Å². The van der Waals surface area contributed by atoms with Gasteiger partial charge in [0.1, 0.15) is 17.2 Å². The molecule has 0 unspecified atom stereocenters. The largest absolute Gasteiger partial charge is 0.511 e. The molecule has 0 amide bonds. The van der Waals surface area contributed by atoms with Gasteiger partial charge >= 0.3 is 0 Å². The van der Waals surface area contributed by atoms with Crippen LogP contribution in [0.2, 0.25) is 0 Å². The van der Waals surface area contributed by atoms with Crippen LogP contribution in [0.1, 0.15) is 26.2 Å². The Morgan fingerprint density at radius 3 is 2.61 bits per heavy atom. The monoisotopic (exact) mass is 245 g/mol. The van der Waals surface area contributed by atoms with E-state index in [1.54, 1.807) is 25.1 Å². The van der Waals surface area contributed by atoms with Gasteiger partial charge in [0.15, 0.2) is 5.78 Å². The second kappa shape index (κ2) is 5.04. The summed E-state index contributed by atoms with van der Waals surface area (Å²) in [5.74, 6) is 0.0681. The normalized spacial score (nSPS) is 17.2. The zero-order valence-corrected chi connectivity index (χ0v) is 10.2. The summed E-state index contributed by atoms with van der Waals surface area (Å²) in [4.78, 5) is 16.0. The first-order valence-corrected chi connectivity index (χ1v) is 5.88. The van der Waals surface area contributed by atoms with Crippen molar-refractivity contribution in [3.63, 3.8) is 0 Å². The summed E-state index contributed by atoms with van der Waals surface area (Å²) >= 11 is 0. The third-order valence-electron chi connectivity index (χ3n) is 2.92. The minimum Gasteiger partial charge on any atom is -0.511 e. The Hall–Kier alpha value is -2.10. The number of aliphatic hydroxyl groups excluding tert-OH is 1. The van der Waals surface area contributed by atoms with Gasteiger partial charge in [-0.3, -0.25) is 4.79 Å². The number of carbonyl (C=O) groups is 1. The quantitative estimate of drug-likeness (QED) is 0.787. The summed E-state index contributed by atoms with van der Waals surface area (Å²) in [5, 5.41) is 19.4. The van der Waals surface area contributed by atoms with E-state index in [9.17, 15) is 15.0 Å². The highest BCUT2D eigenvalue weighted by molar-refractivity contribution is 6.22. The molecular formula is C14H15NO3. The molecule has 2 rings (SSSR count). The molecule has 0 heterocycles. The lowest BCUT2D eigenvalue weighted by Gasteiger charge is -2.14. The minimum absolute atomic E-state index is 0.0557. The lowest BCUT2D eigenvalue weighted by atomic mass is 9.93. The summed E-state index contributed by atoms with van der Waals surface area (Å²) in [7, 11) is 0. The number of rotatable bonds is 2. The number of nitrogens with zero attached hydrogens (tertiary/aromatic N) is 1. The van der Waals surface area contributed by atoms with Crippen molar-refractivity contribution >= 4 is 17.2 Å². The third-order valence-corrected chi connectivity index (χ3v) is 2.92. The number of aliphatic hydroxyl groups is 1. The fraction of sp³-hybridized carbons (Fsp3) is 0.286. The fourth-order valence-corrected chi connectivity index (χ4v) is 2.03. The first-order valence-electron chi connectivity index (χ1n) is 5.88. The number of Topliss-reactive ketones (excluding diaryl/α,β-unsaturated/α-hetero) is 1. The van der Waals surface area contributed by atoms with E-state index < -0.39 is 0 Å². The Bertz CT molecular complexity index is 544. The maximum atomic E-state index is 11.8. The Kier molecular flexibility index (Phi) is 3.46. The smallest absolute Gasteiger partial charge is 0.168 e. The molecule has 0 atom stereocenters. The Balaban J connectivity index is 2.40. The van der Waals surface area contributed by atoms with Crippen molar-refractivity contribution in [1.82, 2.24) is 0 Å². The van der Waals surface area contributed by atoms with Gasteiger partial charge in [0.05, 0.1) is 11.3 Å². The maximum absolute atomic E-state index is 11.8. The van der Waals surface area contributed by atoms with Crippen LogP contribution in [0.3, 0.4) is 0 Å². The molecule has 0 spiro atoms. The molecule has 4 heteroatoms. The Morgan fingerprint density at radius 2 is 1.94 bits per heavy atom. The van der Waals surface area contributed by atoms with E-state index in [0.717, 1.165) is 0 Å². The molecule has 1 aliphatic rings. The molecule has 0 aliphatic heterocycles. The molecule has 1 aliphatic carbocycles. The van der Waals surface area contributed by atoms with Crippen molar-refractivity contribution in [2.75, 3.05) is 0 Å². The summed E-state index contributed by atoms with van der Waals surface area (Å²) in [6, 6.07) is 6.64. The number of phenols is 1. The summed E-state index contributed by atoms with van der Waals surface area (Å²) in [6.07, 6.45) is 1.62. The molecule has 18 heavy (non-hydrogen) atoms. The number of aliphatic imine (C=N–C) groups is 1. The molecule has 0 radical (unpaired) electrons. The highest BCUT2D eigenvalue weighted by Gasteiger charge is 2.22. The number of para-hydroxylation sites is 2. The predicted molar refractivity (Wildman–Crippen MR) is 69.4 cm³/mol. The van der Waals surface area contributed by atoms with Crippen molar-refractivity contribution < 1.29 is 15.0 Å². The van der Waals surface area contributed by atoms with Crippen LogP contribution in [-0.2, 0) is 4.79 Å². The number of phenolic OH excluding ortho intramolecular Hbond substituents is 1. The summed E-state index contributed by atoms with van der Waals surface area (Å²) < 4.78 is 0. The lowest BCUT2D eigenvalue weighted by molar-refractivity contribution is -0.115. The number of ketones is 1. The van der Waals surface area contributed by atoms with Crippen LogP contribution in [0.15, 0.2) is 40.6 Å². The molecule has 0 saturated carbocycles. The molecule has 0 bridgehead atoms. The highest BCUT2D eigenvalue weighted by atomic mass is 16.3. The van der Waals surface area contributed by atoms with Crippen LogP contribution in [0, 0.1) is 0 Å². The Labute approximate surface area is 105 Å². The van der Waals surface area contributed by atoms with Gasteiger partial charge in [-0.1, -0.05) is 12.1 Å². The molecule has 1 aromatic rings. The molecule has 0 aromatic heterocycles. The van der Waals surface area contributed by atoms with Crippen molar-refractivity contribution in [3.05, 3.63) is 35.6 Å². The van der Waals surface area contributed by atoms with Crippen LogP contribution in [0.4, 0.5) is 5.69 Å². The first kappa shape index (κ1) is 12.4. The van der Waals surface area contributed by atoms with Gasteiger partial charge in [0, 0.05) is 12.8 Å². The van der Waals surface area contributed by atoms with E-state index in [2.05, 4.69) is 4.99 Å². The zero-order valence-electron chi connectivity index (χ0n) is 10.2. The van der Waals surface area contributed by atoms with Crippen molar-refractivity contribution in [3.8, 4) is 5.75 Å². The number of aromatic hydroxyl groups is 1. The Morgan fingerprint density at radius 1 is 1.22 bits per heavy atom. The average Bonchev–Trinajstić information content (AvgIpc) is 2.32. The second-order valence-corrected chi connectivity index (χ2v) is 4.28. The van der Waals surface area contributed by atoms with Gasteiger partial charge in [-0.25, -0.2) is 4.99 Å². The van der Waals surface area contributed by atoms with Gasteiger partial charge in [0.2, 0.25) is 0 Å². The highest BCUT2D eigenvalue weighted by Crippen LogP contribution is 2.28. The van der Waals surface area contributed by atoms with E-state index >= 15 is 0 Å². The number of hydrogen-bond acceptors (Lipinski definition) is 4. The molecule has 2 N–H and O–H groups in total. The van der Waals surface area contributed by atoms with Gasteiger partial charge < -0.3 is 10.2 Å². The van der Waals surface area contributed by atoms with Crippen LogP contribution in [-0.4, -0.2) is 21.7 Å². The van der Waals surface area contributed by atoms with E-state index in [0.29, 0.717) is 36.2 Å². The van der Waals surface area contributed by atoms with E-state index in [-0.39, 0.29) is 17.3 Å².